The van der Waals surface area contributed by atoms with Gasteiger partial charge in [0.1, 0.15) is 5.92 Å². The fourth-order valence-electron chi connectivity index (χ4n) is 4.17. The second kappa shape index (κ2) is 5.49. The van der Waals surface area contributed by atoms with Crippen molar-refractivity contribution in [1.82, 2.24) is 5.17 Å². The summed E-state index contributed by atoms with van der Waals surface area (Å²) in [7, 11) is 0. The first-order valence-corrected chi connectivity index (χ1v) is 8.80. The number of hydrazone groups is 1. The van der Waals surface area contributed by atoms with Gasteiger partial charge >= 0.3 is 0 Å². The highest BCUT2D eigenvalue weighted by atomic mass is 16.8. The molecule has 0 spiro atoms. The molecule has 3 aliphatic heterocycles. The molecule has 140 valence electrons. The molecule has 2 amide bonds. The van der Waals surface area contributed by atoms with Crippen LogP contribution in [0.1, 0.15) is 12.5 Å². The normalized spacial score (nSPS) is 29.0. The molecule has 8 nitrogen and oxygen atoms in total. The number of carbonyl (C=O) groups excluding carboxylic acids is 3. The highest BCUT2D eigenvalue weighted by Gasteiger charge is 2.75. The predicted molar refractivity (Wildman–Crippen MR) is 96.7 cm³/mol. The molecule has 0 radical (unpaired) electrons. The summed E-state index contributed by atoms with van der Waals surface area (Å²) >= 11 is 0. The number of fused-ring (bicyclic) bond motifs is 3. The van der Waals surface area contributed by atoms with Crippen molar-refractivity contribution in [1.29, 1.82) is 0 Å². The average Bonchev–Trinajstić information content (AvgIpc) is 3.23. The summed E-state index contributed by atoms with van der Waals surface area (Å²) in [6.45, 7) is 1.47. The minimum absolute atomic E-state index is 0.111. The van der Waals surface area contributed by atoms with Gasteiger partial charge in [-0.3, -0.25) is 14.4 Å². The average molecular weight is 377 g/mol. The molecular weight excluding hydrogens is 362 g/mol. The van der Waals surface area contributed by atoms with E-state index < -0.39 is 35.2 Å². The summed E-state index contributed by atoms with van der Waals surface area (Å²) < 4.78 is 0. The molecule has 3 heterocycles. The summed E-state index contributed by atoms with van der Waals surface area (Å²) in [5.74, 6) is -2.79. The maximum absolute atomic E-state index is 13.3. The molecule has 0 saturated carbocycles. The number of hydrogen-bond acceptors (Lipinski definition) is 6. The van der Waals surface area contributed by atoms with Gasteiger partial charge in [0.25, 0.3) is 17.4 Å². The number of carbonyl (C=O) groups is 3. The van der Waals surface area contributed by atoms with Crippen molar-refractivity contribution in [2.24, 2.45) is 5.92 Å². The van der Waals surface area contributed by atoms with Crippen molar-refractivity contribution < 1.29 is 24.1 Å². The van der Waals surface area contributed by atoms with Crippen LogP contribution in [0.5, 0.6) is 0 Å². The number of hydroxylamine groups is 1. The lowest BCUT2D eigenvalue weighted by Crippen LogP contribution is -2.52. The lowest BCUT2D eigenvalue weighted by atomic mass is 9.79. The number of ketones is 1. The Morgan fingerprint density at radius 3 is 2.21 bits per heavy atom. The maximum Gasteiger partial charge on any atom is 0.297 e. The number of anilines is 1. The monoisotopic (exact) mass is 377 g/mol. The lowest BCUT2D eigenvalue weighted by Gasteiger charge is -2.25. The second-order valence-electron chi connectivity index (χ2n) is 7.09. The number of imide groups is 1. The molecule has 0 bridgehead atoms. The van der Waals surface area contributed by atoms with Crippen molar-refractivity contribution in [3.63, 3.8) is 0 Å². The molecule has 2 fully saturated rings. The first-order valence-electron chi connectivity index (χ1n) is 8.80. The van der Waals surface area contributed by atoms with E-state index in [9.17, 15) is 19.6 Å². The number of hydrogen-bond donors (Lipinski definition) is 0. The fourth-order valence-corrected chi connectivity index (χ4v) is 4.17. The van der Waals surface area contributed by atoms with Crippen molar-refractivity contribution in [3.05, 3.63) is 71.4 Å². The standard InChI is InChI=1S/C20H15N3O5/c1-20-14-16(19(26)21(18(14)25)13-10-6-3-7-11-13)28-23(20)22(27)15(17(20)24)12-8-4-2-5-9-12/h2-11,14,16H,1H3/t14-,16+,20-/m0/s1. The van der Waals surface area contributed by atoms with Crippen molar-refractivity contribution in [2.45, 2.75) is 18.6 Å². The molecule has 28 heavy (non-hydrogen) atoms. The van der Waals surface area contributed by atoms with Crippen LogP contribution in [0, 0.1) is 11.1 Å². The van der Waals surface area contributed by atoms with E-state index in [2.05, 4.69) is 0 Å². The number of hydrazine groups is 1. The van der Waals surface area contributed by atoms with Gasteiger partial charge in [0.2, 0.25) is 11.4 Å². The van der Waals surface area contributed by atoms with Crippen LogP contribution in [-0.2, 0) is 19.2 Å². The van der Waals surface area contributed by atoms with E-state index in [-0.39, 0.29) is 5.71 Å². The van der Waals surface area contributed by atoms with Gasteiger partial charge in [0, 0.05) is 0 Å². The molecule has 2 aromatic carbocycles. The minimum Gasteiger partial charge on any atom is -0.594 e. The van der Waals surface area contributed by atoms with Crippen LogP contribution in [-0.4, -0.2) is 45.0 Å². The first-order chi connectivity index (χ1) is 13.5. The van der Waals surface area contributed by atoms with E-state index in [4.69, 9.17) is 4.84 Å². The summed E-state index contributed by atoms with van der Waals surface area (Å²) in [5, 5.41) is 13.7. The smallest absolute Gasteiger partial charge is 0.297 e. The highest BCUT2D eigenvalue weighted by molar-refractivity contribution is 6.48. The number of benzene rings is 2. The summed E-state index contributed by atoms with van der Waals surface area (Å²) in [6.07, 6.45) is -1.21. The van der Waals surface area contributed by atoms with E-state index in [1.807, 2.05) is 0 Å². The van der Waals surface area contributed by atoms with E-state index >= 15 is 0 Å². The van der Waals surface area contributed by atoms with Crippen molar-refractivity contribution in [3.8, 4) is 0 Å². The molecule has 5 rings (SSSR count). The molecule has 2 aromatic rings. The Morgan fingerprint density at radius 1 is 0.964 bits per heavy atom. The Balaban J connectivity index is 1.58. The van der Waals surface area contributed by atoms with Crippen molar-refractivity contribution in [2.75, 3.05) is 4.90 Å². The van der Waals surface area contributed by atoms with Gasteiger partial charge in [-0.1, -0.05) is 36.4 Å². The zero-order chi connectivity index (χ0) is 19.6. The number of amides is 2. The quantitative estimate of drug-likeness (QED) is 0.441. The number of Topliss-reactive ketones (excluding diaryl/α,β-unsaturated/α-hetero) is 1. The highest BCUT2D eigenvalue weighted by Crippen LogP contribution is 2.47. The number of nitrogens with zero attached hydrogens (tertiary/aromatic N) is 3. The van der Waals surface area contributed by atoms with Crippen LogP contribution in [0.3, 0.4) is 0 Å². The number of rotatable bonds is 2. The summed E-state index contributed by atoms with van der Waals surface area (Å²) in [5.41, 5.74) is -0.870. The van der Waals surface area contributed by atoms with Crippen LogP contribution in [0.15, 0.2) is 60.7 Å². The van der Waals surface area contributed by atoms with Gasteiger partial charge in [-0.15, -0.1) is 0 Å². The molecule has 0 N–H and O–H groups in total. The third kappa shape index (κ3) is 1.87. The minimum atomic E-state index is -1.59. The Morgan fingerprint density at radius 2 is 1.57 bits per heavy atom. The van der Waals surface area contributed by atoms with Crippen LogP contribution in [0.4, 0.5) is 5.69 Å². The molecule has 3 atom stereocenters. The Bertz CT molecular complexity index is 1050. The van der Waals surface area contributed by atoms with Gasteiger partial charge in [-0.25, -0.2) is 9.74 Å². The topological polar surface area (TPSA) is 93.0 Å². The number of para-hydroxylation sites is 1. The zero-order valence-corrected chi connectivity index (χ0v) is 14.8. The molecule has 2 saturated heterocycles. The Hall–Kier alpha value is -3.52. The molecule has 8 heteroatoms. The van der Waals surface area contributed by atoms with Gasteiger partial charge in [-0.2, -0.15) is 0 Å². The van der Waals surface area contributed by atoms with E-state index in [0.717, 1.165) is 10.1 Å². The Labute approximate surface area is 159 Å². The molecular formula is C20H15N3O5. The molecule has 0 aromatic heterocycles. The third-order valence-electron chi connectivity index (χ3n) is 5.56. The molecule has 3 aliphatic rings. The second-order valence-corrected chi connectivity index (χ2v) is 7.09. The van der Waals surface area contributed by atoms with E-state index in [1.165, 1.54) is 6.92 Å². The van der Waals surface area contributed by atoms with Crippen LogP contribution >= 0.6 is 0 Å². The van der Waals surface area contributed by atoms with E-state index in [0.29, 0.717) is 16.1 Å². The largest absolute Gasteiger partial charge is 0.594 e. The fraction of sp³-hybridized carbons (Fsp3) is 0.200. The SMILES string of the molecule is C[C@]12C(=O)C(c3ccccc3)=[N+]([O-])N1O[C@H]1C(=O)N(c3ccccc3)C(=O)[C@H]12. The van der Waals surface area contributed by atoms with Crippen LogP contribution in [0.2, 0.25) is 0 Å². The summed E-state index contributed by atoms with van der Waals surface area (Å²) in [6, 6.07) is 16.9. The maximum atomic E-state index is 13.3. The third-order valence-corrected chi connectivity index (χ3v) is 5.56. The van der Waals surface area contributed by atoms with Gasteiger partial charge in [-0.05, 0) is 41.2 Å². The van der Waals surface area contributed by atoms with Gasteiger partial charge < -0.3 is 5.21 Å². The van der Waals surface area contributed by atoms with Crippen LogP contribution < -0.4 is 4.90 Å². The summed E-state index contributed by atoms with van der Waals surface area (Å²) in [4.78, 5) is 46.2. The van der Waals surface area contributed by atoms with Crippen LogP contribution in [0.25, 0.3) is 0 Å². The molecule has 0 aliphatic carbocycles. The van der Waals surface area contributed by atoms with Gasteiger partial charge in [0.05, 0.1) is 11.3 Å². The Kier molecular flexibility index (Phi) is 3.26. The predicted octanol–water partition coefficient (Wildman–Crippen LogP) is 1.05. The van der Waals surface area contributed by atoms with Gasteiger partial charge in [0.15, 0.2) is 6.10 Å². The molecule has 0 unspecified atom stereocenters. The first kappa shape index (κ1) is 16.6. The van der Waals surface area contributed by atoms with E-state index in [1.54, 1.807) is 60.7 Å². The lowest BCUT2D eigenvalue weighted by molar-refractivity contribution is -0.717. The zero-order valence-electron chi connectivity index (χ0n) is 14.8. The van der Waals surface area contributed by atoms with Crippen molar-refractivity contribution >= 4 is 29.0 Å².